The van der Waals surface area contributed by atoms with Crippen LogP contribution in [0, 0.1) is 5.92 Å². The van der Waals surface area contributed by atoms with Crippen LogP contribution in [-0.4, -0.2) is 42.1 Å². The third kappa shape index (κ3) is 5.32. The first-order valence-corrected chi connectivity index (χ1v) is 9.29. The molecule has 0 aliphatic heterocycles. The minimum Gasteiger partial charge on any atom is -0.497 e. The molecule has 0 unspecified atom stereocenters. The minimum atomic E-state index is -0.290. The molecule has 1 heterocycles. The number of amides is 2. The largest absolute Gasteiger partial charge is 0.497 e. The zero-order valence-corrected chi connectivity index (χ0v) is 15.5. The molecule has 27 heavy (non-hydrogen) atoms. The van der Waals surface area contributed by atoms with E-state index in [1.165, 1.54) is 25.5 Å². The summed E-state index contributed by atoms with van der Waals surface area (Å²) in [6.07, 6.45) is 7.18. The van der Waals surface area contributed by atoms with Gasteiger partial charge in [-0.05, 0) is 43.0 Å². The van der Waals surface area contributed by atoms with Gasteiger partial charge in [-0.15, -0.1) is 0 Å². The Morgan fingerprint density at radius 3 is 2.56 bits per heavy atom. The number of anilines is 1. The van der Waals surface area contributed by atoms with Gasteiger partial charge in [0, 0.05) is 18.2 Å². The molecule has 1 aliphatic carbocycles. The number of carbonyl (C=O) groups excluding carboxylic acids is 2. The van der Waals surface area contributed by atoms with Crippen molar-refractivity contribution in [3.05, 3.63) is 42.2 Å². The van der Waals surface area contributed by atoms with E-state index in [2.05, 4.69) is 10.5 Å². The first kappa shape index (κ1) is 18.9. The Morgan fingerprint density at radius 1 is 1.19 bits per heavy atom. The lowest BCUT2D eigenvalue weighted by molar-refractivity contribution is -0.117. The van der Waals surface area contributed by atoms with Gasteiger partial charge >= 0.3 is 0 Å². The third-order valence-corrected chi connectivity index (χ3v) is 4.87. The Labute approximate surface area is 158 Å². The molecule has 7 heteroatoms. The van der Waals surface area contributed by atoms with Crippen LogP contribution in [0.5, 0.6) is 5.75 Å². The summed E-state index contributed by atoms with van der Waals surface area (Å²) >= 11 is 0. The highest BCUT2D eigenvalue weighted by atomic mass is 16.5. The van der Waals surface area contributed by atoms with Crippen LogP contribution in [0.3, 0.4) is 0 Å². The van der Waals surface area contributed by atoms with Gasteiger partial charge in [-0.1, -0.05) is 24.4 Å². The smallest absolute Gasteiger partial charge is 0.254 e. The van der Waals surface area contributed by atoms with E-state index in [1.54, 1.807) is 42.3 Å². The fourth-order valence-electron chi connectivity index (χ4n) is 3.45. The number of hydrogen-bond acceptors (Lipinski definition) is 5. The zero-order chi connectivity index (χ0) is 19.1. The topological polar surface area (TPSA) is 84.7 Å². The normalized spacial score (nSPS) is 14.6. The Balaban J connectivity index is 1.70. The van der Waals surface area contributed by atoms with E-state index in [4.69, 9.17) is 9.26 Å². The standard InChI is InChI=1S/C20H25N3O4/c1-26-17-9-7-16(8-10-17)20(25)23(13-15-5-3-2-4-6-15)14-19(24)21-18-11-12-27-22-18/h7-12,15H,2-6,13-14H2,1H3,(H,21,22,24). The van der Waals surface area contributed by atoms with Gasteiger partial charge in [0.25, 0.3) is 5.91 Å². The second kappa shape index (κ2) is 9.21. The molecule has 1 aromatic heterocycles. The number of rotatable bonds is 7. The predicted molar refractivity (Wildman–Crippen MR) is 101 cm³/mol. The number of hydrogen-bond donors (Lipinski definition) is 1. The fourth-order valence-corrected chi connectivity index (χ4v) is 3.45. The molecule has 7 nitrogen and oxygen atoms in total. The highest BCUT2D eigenvalue weighted by Crippen LogP contribution is 2.25. The molecular formula is C20H25N3O4. The molecule has 0 bridgehead atoms. The molecule has 0 radical (unpaired) electrons. The molecule has 0 saturated heterocycles. The summed E-state index contributed by atoms with van der Waals surface area (Å²) in [5.41, 5.74) is 0.542. The Hall–Kier alpha value is -2.83. The van der Waals surface area contributed by atoms with Crippen molar-refractivity contribution < 1.29 is 18.8 Å². The van der Waals surface area contributed by atoms with E-state index in [0.717, 1.165) is 12.8 Å². The average Bonchev–Trinajstić information content (AvgIpc) is 3.20. The van der Waals surface area contributed by atoms with E-state index in [-0.39, 0.29) is 18.4 Å². The lowest BCUT2D eigenvalue weighted by Crippen LogP contribution is -2.41. The predicted octanol–water partition coefficient (Wildman–Crippen LogP) is 3.34. The first-order valence-electron chi connectivity index (χ1n) is 9.29. The lowest BCUT2D eigenvalue weighted by Gasteiger charge is -2.29. The molecule has 0 atom stereocenters. The Kier molecular flexibility index (Phi) is 6.46. The Morgan fingerprint density at radius 2 is 1.93 bits per heavy atom. The summed E-state index contributed by atoms with van der Waals surface area (Å²) in [7, 11) is 1.58. The summed E-state index contributed by atoms with van der Waals surface area (Å²) in [5, 5.41) is 6.33. The number of benzene rings is 1. The van der Waals surface area contributed by atoms with Gasteiger partial charge in [-0.3, -0.25) is 9.59 Å². The van der Waals surface area contributed by atoms with Crippen LogP contribution >= 0.6 is 0 Å². The number of aromatic nitrogens is 1. The van der Waals surface area contributed by atoms with Crippen molar-refractivity contribution in [2.75, 3.05) is 25.5 Å². The van der Waals surface area contributed by atoms with Crippen molar-refractivity contribution >= 4 is 17.6 Å². The van der Waals surface area contributed by atoms with Gasteiger partial charge in [-0.25, -0.2) is 0 Å². The second-order valence-electron chi connectivity index (χ2n) is 6.85. The van der Waals surface area contributed by atoms with Crippen molar-refractivity contribution in [3.8, 4) is 5.75 Å². The van der Waals surface area contributed by atoms with Gasteiger partial charge in [0.2, 0.25) is 5.91 Å². The number of nitrogens with zero attached hydrogens (tertiary/aromatic N) is 2. The summed E-state index contributed by atoms with van der Waals surface area (Å²) in [5.74, 6) is 1.02. The van der Waals surface area contributed by atoms with Gasteiger partial charge < -0.3 is 19.5 Å². The maximum atomic E-state index is 13.0. The quantitative estimate of drug-likeness (QED) is 0.807. The molecule has 1 aliphatic rings. The van der Waals surface area contributed by atoms with Crippen molar-refractivity contribution in [2.45, 2.75) is 32.1 Å². The number of methoxy groups -OCH3 is 1. The average molecular weight is 371 g/mol. The van der Waals surface area contributed by atoms with Crippen molar-refractivity contribution in [3.63, 3.8) is 0 Å². The van der Waals surface area contributed by atoms with Crippen LogP contribution in [0.15, 0.2) is 41.1 Å². The third-order valence-electron chi connectivity index (χ3n) is 4.87. The summed E-state index contributed by atoms with van der Waals surface area (Å²) < 4.78 is 9.87. The first-order chi connectivity index (χ1) is 13.2. The van der Waals surface area contributed by atoms with Gasteiger partial charge in [-0.2, -0.15) is 0 Å². The van der Waals surface area contributed by atoms with Gasteiger partial charge in [0.15, 0.2) is 5.82 Å². The van der Waals surface area contributed by atoms with Crippen LogP contribution in [-0.2, 0) is 4.79 Å². The molecule has 1 saturated carbocycles. The van der Waals surface area contributed by atoms with Crippen LogP contribution in [0.2, 0.25) is 0 Å². The van der Waals surface area contributed by atoms with Gasteiger partial charge in [0.05, 0.1) is 7.11 Å². The van der Waals surface area contributed by atoms with E-state index in [9.17, 15) is 9.59 Å². The lowest BCUT2D eigenvalue weighted by atomic mass is 9.89. The van der Waals surface area contributed by atoms with E-state index < -0.39 is 0 Å². The molecule has 3 rings (SSSR count). The molecule has 1 fully saturated rings. The minimum absolute atomic E-state index is 0.0196. The number of carbonyl (C=O) groups is 2. The molecule has 0 spiro atoms. The molecule has 144 valence electrons. The Bertz CT molecular complexity index is 737. The number of nitrogens with one attached hydrogen (secondary N) is 1. The second-order valence-corrected chi connectivity index (χ2v) is 6.85. The fraction of sp³-hybridized carbons (Fsp3) is 0.450. The molecular weight excluding hydrogens is 346 g/mol. The van der Waals surface area contributed by atoms with Crippen LogP contribution in [0.1, 0.15) is 42.5 Å². The SMILES string of the molecule is COc1ccc(C(=O)N(CC(=O)Nc2ccon2)CC2CCCCC2)cc1. The van der Waals surface area contributed by atoms with Gasteiger partial charge in [0.1, 0.15) is 18.6 Å². The highest BCUT2D eigenvalue weighted by molar-refractivity contribution is 5.99. The van der Waals surface area contributed by atoms with E-state index in [1.807, 2.05) is 0 Å². The summed E-state index contributed by atoms with van der Waals surface area (Å²) in [6.45, 7) is 0.561. The monoisotopic (exact) mass is 371 g/mol. The summed E-state index contributed by atoms with van der Waals surface area (Å²) in [4.78, 5) is 27.1. The maximum Gasteiger partial charge on any atom is 0.254 e. The number of ether oxygens (including phenoxy) is 1. The van der Waals surface area contributed by atoms with Crippen molar-refractivity contribution in [1.82, 2.24) is 10.1 Å². The van der Waals surface area contributed by atoms with E-state index >= 15 is 0 Å². The van der Waals surface area contributed by atoms with Crippen LogP contribution < -0.4 is 10.1 Å². The zero-order valence-electron chi connectivity index (χ0n) is 15.5. The molecule has 1 aromatic carbocycles. The van der Waals surface area contributed by atoms with Crippen LogP contribution in [0.25, 0.3) is 0 Å². The van der Waals surface area contributed by atoms with E-state index in [0.29, 0.717) is 29.6 Å². The summed E-state index contributed by atoms with van der Waals surface area (Å²) in [6, 6.07) is 8.52. The van der Waals surface area contributed by atoms with Crippen molar-refractivity contribution in [2.24, 2.45) is 5.92 Å². The molecule has 2 aromatic rings. The maximum absolute atomic E-state index is 13.0. The highest BCUT2D eigenvalue weighted by Gasteiger charge is 2.24. The molecule has 2 amide bonds. The molecule has 1 N–H and O–H groups in total. The van der Waals surface area contributed by atoms with Crippen LogP contribution in [0.4, 0.5) is 5.82 Å². The van der Waals surface area contributed by atoms with Crippen molar-refractivity contribution in [1.29, 1.82) is 0 Å².